The zero-order chi connectivity index (χ0) is 16.3. The second kappa shape index (κ2) is 7.06. The first kappa shape index (κ1) is 17.4. The van der Waals surface area contributed by atoms with Gasteiger partial charge in [0, 0.05) is 49.2 Å². The summed E-state index contributed by atoms with van der Waals surface area (Å²) in [6, 6.07) is 2.70. The largest absolute Gasteiger partial charge is 0.507 e. The van der Waals surface area contributed by atoms with Crippen LogP contribution in [0.15, 0.2) is 12.1 Å². The molecule has 1 aromatic carbocycles. The number of piperazine rings is 1. The first-order chi connectivity index (χ1) is 10.3. The number of benzene rings is 1. The van der Waals surface area contributed by atoms with Crippen LogP contribution in [0.3, 0.4) is 0 Å². The number of halogens is 4. The zero-order valence-electron chi connectivity index (χ0n) is 12.4. The minimum Gasteiger partial charge on any atom is -0.507 e. The molecule has 1 atom stereocenters. The van der Waals surface area contributed by atoms with E-state index < -0.39 is 18.6 Å². The molecular formula is C15H20ClF3N2O. The van der Waals surface area contributed by atoms with Gasteiger partial charge in [-0.3, -0.25) is 4.90 Å². The third kappa shape index (κ3) is 4.51. The summed E-state index contributed by atoms with van der Waals surface area (Å²) >= 11 is 6.03. The molecule has 3 nitrogen and oxygen atoms in total. The summed E-state index contributed by atoms with van der Waals surface area (Å²) in [7, 11) is 0. The predicted molar refractivity (Wildman–Crippen MR) is 80.3 cm³/mol. The van der Waals surface area contributed by atoms with Crippen molar-refractivity contribution in [1.82, 2.24) is 10.2 Å². The maximum atomic E-state index is 12.6. The van der Waals surface area contributed by atoms with Crippen LogP contribution in [-0.2, 0) is 0 Å². The number of nitrogens with one attached hydrogen (secondary N) is 1. The highest BCUT2D eigenvalue weighted by atomic mass is 35.5. The molecule has 2 N–H and O–H groups in total. The van der Waals surface area contributed by atoms with E-state index in [9.17, 15) is 18.3 Å². The molecule has 0 saturated carbocycles. The van der Waals surface area contributed by atoms with Gasteiger partial charge >= 0.3 is 6.18 Å². The number of aryl methyl sites for hydroxylation is 1. The second-order valence-corrected chi connectivity index (χ2v) is 6.05. The average Bonchev–Trinajstić information content (AvgIpc) is 2.44. The van der Waals surface area contributed by atoms with Crippen molar-refractivity contribution in [2.75, 3.05) is 26.2 Å². The minimum atomic E-state index is -4.21. The molecule has 0 aromatic heterocycles. The van der Waals surface area contributed by atoms with E-state index >= 15 is 0 Å². The lowest BCUT2D eigenvalue weighted by atomic mass is 9.96. The molecule has 1 aliphatic heterocycles. The lowest BCUT2D eigenvalue weighted by molar-refractivity contribution is -0.138. The molecule has 0 unspecified atom stereocenters. The van der Waals surface area contributed by atoms with E-state index in [0.29, 0.717) is 29.2 Å². The van der Waals surface area contributed by atoms with Crippen LogP contribution >= 0.6 is 11.6 Å². The fraction of sp³-hybridized carbons (Fsp3) is 0.600. The van der Waals surface area contributed by atoms with Gasteiger partial charge in [0.2, 0.25) is 0 Å². The molecule has 0 spiro atoms. The van der Waals surface area contributed by atoms with Gasteiger partial charge in [0.15, 0.2) is 0 Å². The summed E-state index contributed by atoms with van der Waals surface area (Å²) in [5.74, 6) is 0.0371. The van der Waals surface area contributed by atoms with E-state index in [-0.39, 0.29) is 12.2 Å². The molecule has 0 bridgehead atoms. The van der Waals surface area contributed by atoms with Crippen molar-refractivity contribution in [3.8, 4) is 5.75 Å². The van der Waals surface area contributed by atoms with Crippen LogP contribution in [0.25, 0.3) is 0 Å². The normalized spacial score (nSPS) is 18.4. The second-order valence-electron chi connectivity index (χ2n) is 5.62. The molecule has 1 aromatic rings. The summed E-state index contributed by atoms with van der Waals surface area (Å²) in [6.07, 6.45) is -5.18. The van der Waals surface area contributed by atoms with E-state index in [1.807, 2.05) is 4.90 Å². The molecule has 1 saturated heterocycles. The van der Waals surface area contributed by atoms with Gasteiger partial charge in [0.1, 0.15) is 5.75 Å². The van der Waals surface area contributed by atoms with Crippen molar-refractivity contribution in [1.29, 1.82) is 0 Å². The summed E-state index contributed by atoms with van der Waals surface area (Å²) in [4.78, 5) is 1.98. The molecule has 1 fully saturated rings. The molecule has 124 valence electrons. The van der Waals surface area contributed by atoms with Gasteiger partial charge in [-0.1, -0.05) is 11.6 Å². The Labute approximate surface area is 133 Å². The Morgan fingerprint density at radius 1 is 1.32 bits per heavy atom. The van der Waals surface area contributed by atoms with Gasteiger partial charge in [-0.25, -0.2) is 0 Å². The summed E-state index contributed by atoms with van der Waals surface area (Å²) in [5, 5.41) is 13.9. The van der Waals surface area contributed by atoms with E-state index in [0.717, 1.165) is 13.1 Å². The van der Waals surface area contributed by atoms with Crippen LogP contribution in [0.1, 0.15) is 30.0 Å². The fourth-order valence-electron chi connectivity index (χ4n) is 2.84. The quantitative estimate of drug-likeness (QED) is 0.881. The molecule has 0 amide bonds. The molecule has 0 radical (unpaired) electrons. The maximum absolute atomic E-state index is 12.6. The summed E-state index contributed by atoms with van der Waals surface area (Å²) in [5.41, 5.74) is 1.06. The number of hydrogen-bond acceptors (Lipinski definition) is 3. The Morgan fingerprint density at radius 2 is 1.95 bits per heavy atom. The van der Waals surface area contributed by atoms with Crippen LogP contribution in [0.2, 0.25) is 5.02 Å². The topological polar surface area (TPSA) is 35.5 Å². The molecule has 1 heterocycles. The van der Waals surface area contributed by atoms with Crippen LogP contribution in [0.4, 0.5) is 13.2 Å². The van der Waals surface area contributed by atoms with Crippen molar-refractivity contribution in [2.45, 2.75) is 32.0 Å². The van der Waals surface area contributed by atoms with Crippen molar-refractivity contribution in [2.24, 2.45) is 0 Å². The van der Waals surface area contributed by atoms with E-state index in [1.165, 1.54) is 0 Å². The number of nitrogens with zero attached hydrogens (tertiary/aromatic N) is 1. The number of phenolic OH excluding ortho intramolecular Hbond substituents is 1. The Hall–Kier alpha value is -0.980. The fourth-order valence-corrected chi connectivity index (χ4v) is 3.13. The van der Waals surface area contributed by atoms with Crippen LogP contribution in [0, 0.1) is 6.92 Å². The predicted octanol–water partition coefficient (Wildman–Crippen LogP) is 3.64. The Morgan fingerprint density at radius 3 is 2.55 bits per heavy atom. The van der Waals surface area contributed by atoms with Crippen molar-refractivity contribution in [3.05, 3.63) is 28.3 Å². The first-order valence-electron chi connectivity index (χ1n) is 7.28. The monoisotopic (exact) mass is 336 g/mol. The van der Waals surface area contributed by atoms with Crippen molar-refractivity contribution < 1.29 is 18.3 Å². The van der Waals surface area contributed by atoms with Gasteiger partial charge < -0.3 is 10.4 Å². The standard InChI is InChI=1S/C15H20ClF3N2O/c1-10-8-11(16)9-12(14(10)22)13(2-3-15(17,18)19)21-6-4-20-5-7-21/h8-9,13,20,22H,2-7H2,1H3/t13-/m0/s1. The van der Waals surface area contributed by atoms with Crippen molar-refractivity contribution >= 4 is 11.6 Å². The SMILES string of the molecule is Cc1cc(Cl)cc([C@H](CCC(F)(F)F)N2CCNCC2)c1O. The number of alkyl halides is 3. The average molecular weight is 337 g/mol. The molecule has 22 heavy (non-hydrogen) atoms. The van der Waals surface area contributed by atoms with E-state index in [4.69, 9.17) is 11.6 Å². The number of phenols is 1. The van der Waals surface area contributed by atoms with E-state index in [2.05, 4.69) is 5.32 Å². The number of hydrogen-bond donors (Lipinski definition) is 2. The third-order valence-corrected chi connectivity index (χ3v) is 4.17. The Kier molecular flexibility index (Phi) is 5.58. The maximum Gasteiger partial charge on any atom is 0.389 e. The zero-order valence-corrected chi connectivity index (χ0v) is 13.1. The highest BCUT2D eigenvalue weighted by Gasteiger charge is 2.32. The lowest BCUT2D eigenvalue weighted by Gasteiger charge is -2.36. The highest BCUT2D eigenvalue weighted by molar-refractivity contribution is 6.30. The van der Waals surface area contributed by atoms with Gasteiger partial charge in [0.05, 0.1) is 0 Å². The number of rotatable bonds is 4. The van der Waals surface area contributed by atoms with Gasteiger partial charge in [-0.2, -0.15) is 13.2 Å². The van der Waals surface area contributed by atoms with Crippen LogP contribution in [0.5, 0.6) is 5.75 Å². The van der Waals surface area contributed by atoms with Crippen LogP contribution in [-0.4, -0.2) is 42.4 Å². The van der Waals surface area contributed by atoms with Gasteiger partial charge in [-0.15, -0.1) is 0 Å². The molecule has 7 heteroatoms. The van der Waals surface area contributed by atoms with E-state index in [1.54, 1.807) is 19.1 Å². The Bertz CT molecular complexity index is 516. The van der Waals surface area contributed by atoms with Gasteiger partial charge in [-0.05, 0) is 31.0 Å². The van der Waals surface area contributed by atoms with Crippen molar-refractivity contribution in [3.63, 3.8) is 0 Å². The molecule has 2 rings (SSSR count). The lowest BCUT2D eigenvalue weighted by Crippen LogP contribution is -2.45. The number of aromatic hydroxyl groups is 1. The third-order valence-electron chi connectivity index (χ3n) is 3.95. The summed E-state index contributed by atoms with van der Waals surface area (Å²) < 4.78 is 37.9. The summed E-state index contributed by atoms with van der Waals surface area (Å²) in [6.45, 7) is 4.44. The highest BCUT2D eigenvalue weighted by Crippen LogP contribution is 2.38. The molecular weight excluding hydrogens is 317 g/mol. The first-order valence-corrected chi connectivity index (χ1v) is 7.66. The molecule has 0 aliphatic carbocycles. The Balaban J connectivity index is 2.30. The van der Waals surface area contributed by atoms with Crippen LogP contribution < -0.4 is 5.32 Å². The molecule has 1 aliphatic rings. The van der Waals surface area contributed by atoms with Gasteiger partial charge in [0.25, 0.3) is 0 Å². The smallest absolute Gasteiger partial charge is 0.389 e. The minimum absolute atomic E-state index is 0.0371.